The number of nitrogens with zero attached hydrogens (tertiary/aromatic N) is 1. The van der Waals surface area contributed by atoms with Gasteiger partial charge in [0, 0.05) is 13.1 Å². The van der Waals surface area contributed by atoms with Gasteiger partial charge in [0.1, 0.15) is 5.75 Å². The summed E-state index contributed by atoms with van der Waals surface area (Å²) < 4.78 is 38.5. The molecule has 0 radical (unpaired) electrons. The summed E-state index contributed by atoms with van der Waals surface area (Å²) in [6, 6.07) is 21.5. The molecule has 34 heavy (non-hydrogen) atoms. The molecule has 0 aromatic heterocycles. The molecule has 178 valence electrons. The maximum absolute atomic E-state index is 12.8. The van der Waals surface area contributed by atoms with Gasteiger partial charge in [0.2, 0.25) is 0 Å². The molecule has 1 amide bonds. The van der Waals surface area contributed by atoms with E-state index in [1.807, 2.05) is 37.3 Å². The first kappa shape index (κ1) is 24.8. The van der Waals surface area contributed by atoms with Gasteiger partial charge in [-0.1, -0.05) is 48.5 Å². The highest BCUT2D eigenvalue weighted by atomic mass is 32.2. The van der Waals surface area contributed by atoms with Crippen molar-refractivity contribution < 1.29 is 27.5 Å². The standard InChI is InChI=1S/C25H26N2O6S/c1-3-27(17-19-10-5-4-6-11-19)24(28)18-33-25(29)20-12-9-13-21(16-20)34(30,31)26-22-14-7-8-15-23(22)32-2/h4-16,26H,3,17-18H2,1-2H3. The summed E-state index contributed by atoms with van der Waals surface area (Å²) in [4.78, 5) is 26.5. The van der Waals surface area contributed by atoms with Gasteiger partial charge >= 0.3 is 5.97 Å². The second-order valence-electron chi connectivity index (χ2n) is 7.30. The van der Waals surface area contributed by atoms with Gasteiger partial charge in [-0.2, -0.15) is 0 Å². The van der Waals surface area contributed by atoms with Crippen LogP contribution in [-0.2, 0) is 26.1 Å². The van der Waals surface area contributed by atoms with Gasteiger partial charge in [0.25, 0.3) is 15.9 Å². The number of likely N-dealkylation sites (N-methyl/N-ethyl adjacent to an activating group) is 1. The monoisotopic (exact) mass is 482 g/mol. The molecule has 0 aliphatic rings. The Balaban J connectivity index is 1.66. The smallest absolute Gasteiger partial charge is 0.338 e. The zero-order chi connectivity index (χ0) is 24.6. The number of hydrogen-bond acceptors (Lipinski definition) is 6. The lowest BCUT2D eigenvalue weighted by Gasteiger charge is -2.20. The number of carbonyl (C=O) groups is 2. The van der Waals surface area contributed by atoms with Crippen molar-refractivity contribution in [3.8, 4) is 5.75 Å². The summed E-state index contributed by atoms with van der Waals surface area (Å²) in [5, 5.41) is 0. The minimum atomic E-state index is -4.00. The van der Waals surface area contributed by atoms with E-state index >= 15 is 0 Å². The van der Waals surface area contributed by atoms with Crippen LogP contribution >= 0.6 is 0 Å². The van der Waals surface area contributed by atoms with Crippen LogP contribution in [0.4, 0.5) is 5.69 Å². The summed E-state index contributed by atoms with van der Waals surface area (Å²) in [5.41, 5.74) is 1.24. The Labute approximate surface area is 199 Å². The third-order valence-corrected chi connectivity index (χ3v) is 6.37. The third kappa shape index (κ3) is 6.35. The molecule has 3 rings (SSSR count). The summed E-state index contributed by atoms with van der Waals surface area (Å²) in [5.74, 6) is -0.782. The Morgan fingerprint density at radius 3 is 2.35 bits per heavy atom. The van der Waals surface area contributed by atoms with Crippen molar-refractivity contribution in [3.63, 3.8) is 0 Å². The van der Waals surface area contributed by atoms with Gasteiger partial charge < -0.3 is 14.4 Å². The fourth-order valence-electron chi connectivity index (χ4n) is 3.20. The average molecular weight is 483 g/mol. The van der Waals surface area contributed by atoms with E-state index in [2.05, 4.69) is 4.72 Å². The molecule has 3 aromatic carbocycles. The quantitative estimate of drug-likeness (QED) is 0.442. The Bertz CT molecular complexity index is 1250. The fourth-order valence-corrected chi connectivity index (χ4v) is 4.32. The number of amides is 1. The van der Waals surface area contributed by atoms with Gasteiger partial charge in [-0.25, -0.2) is 13.2 Å². The van der Waals surface area contributed by atoms with Crippen LogP contribution in [0.3, 0.4) is 0 Å². The number of sulfonamides is 1. The molecule has 3 aromatic rings. The number of rotatable bonds is 10. The number of anilines is 1. The molecule has 0 aliphatic carbocycles. The number of esters is 1. The third-order valence-electron chi connectivity index (χ3n) is 5.01. The lowest BCUT2D eigenvalue weighted by atomic mass is 10.2. The Morgan fingerprint density at radius 1 is 0.941 bits per heavy atom. The number of para-hydroxylation sites is 2. The largest absolute Gasteiger partial charge is 0.495 e. The minimum absolute atomic E-state index is 0.0156. The van der Waals surface area contributed by atoms with Gasteiger partial charge in [0.05, 0.1) is 23.3 Å². The predicted octanol–water partition coefficient (Wildman–Crippen LogP) is 3.70. The maximum atomic E-state index is 12.8. The summed E-state index contributed by atoms with van der Waals surface area (Å²) in [6.07, 6.45) is 0. The molecule has 0 bridgehead atoms. The Morgan fingerprint density at radius 2 is 1.65 bits per heavy atom. The van der Waals surface area contributed by atoms with E-state index < -0.39 is 22.6 Å². The molecule has 9 heteroatoms. The molecular weight excluding hydrogens is 456 g/mol. The van der Waals surface area contributed by atoms with E-state index in [9.17, 15) is 18.0 Å². The zero-order valence-electron chi connectivity index (χ0n) is 18.9. The van der Waals surface area contributed by atoms with E-state index in [4.69, 9.17) is 9.47 Å². The van der Waals surface area contributed by atoms with Gasteiger partial charge in [0.15, 0.2) is 6.61 Å². The molecule has 8 nitrogen and oxygen atoms in total. The summed E-state index contributed by atoms with van der Waals surface area (Å²) in [7, 11) is -2.56. The molecule has 0 unspecified atom stereocenters. The number of benzene rings is 3. The van der Waals surface area contributed by atoms with Crippen molar-refractivity contribution in [2.24, 2.45) is 0 Å². The van der Waals surface area contributed by atoms with Crippen LogP contribution < -0.4 is 9.46 Å². The molecule has 0 aliphatic heterocycles. The van der Waals surface area contributed by atoms with Crippen LogP contribution in [0, 0.1) is 0 Å². The van der Waals surface area contributed by atoms with E-state index in [-0.39, 0.29) is 22.1 Å². The van der Waals surface area contributed by atoms with Crippen molar-refractivity contribution in [2.45, 2.75) is 18.4 Å². The first-order chi connectivity index (χ1) is 16.3. The van der Waals surface area contributed by atoms with Crippen LogP contribution in [0.15, 0.2) is 83.8 Å². The summed E-state index contributed by atoms with van der Waals surface area (Å²) >= 11 is 0. The molecule has 0 atom stereocenters. The van der Waals surface area contributed by atoms with Crippen molar-refractivity contribution in [1.29, 1.82) is 0 Å². The molecule has 0 spiro atoms. The molecule has 0 heterocycles. The van der Waals surface area contributed by atoms with Gasteiger partial charge in [-0.3, -0.25) is 9.52 Å². The van der Waals surface area contributed by atoms with Crippen LogP contribution in [0.5, 0.6) is 5.75 Å². The van der Waals surface area contributed by atoms with Crippen LogP contribution in [0.2, 0.25) is 0 Å². The van der Waals surface area contributed by atoms with Crippen molar-refractivity contribution >= 4 is 27.6 Å². The first-order valence-electron chi connectivity index (χ1n) is 10.6. The zero-order valence-corrected chi connectivity index (χ0v) is 19.7. The van der Waals surface area contributed by atoms with Crippen molar-refractivity contribution in [2.75, 3.05) is 25.0 Å². The lowest BCUT2D eigenvalue weighted by molar-refractivity contribution is -0.134. The number of ether oxygens (including phenoxy) is 2. The van der Waals surface area contributed by atoms with Crippen molar-refractivity contribution in [1.82, 2.24) is 4.90 Å². The Hall–Kier alpha value is -3.85. The highest BCUT2D eigenvalue weighted by molar-refractivity contribution is 7.92. The van der Waals surface area contributed by atoms with Gasteiger partial charge in [-0.05, 0) is 42.8 Å². The molecule has 0 saturated heterocycles. The van der Waals surface area contributed by atoms with E-state index in [1.165, 1.54) is 31.4 Å². The van der Waals surface area contributed by atoms with E-state index in [0.717, 1.165) is 5.56 Å². The summed E-state index contributed by atoms with van der Waals surface area (Å²) in [6.45, 7) is 2.24. The predicted molar refractivity (Wildman–Crippen MR) is 128 cm³/mol. The SMILES string of the molecule is CCN(Cc1ccccc1)C(=O)COC(=O)c1cccc(S(=O)(=O)Nc2ccccc2OC)c1. The lowest BCUT2D eigenvalue weighted by Crippen LogP contribution is -2.34. The topological polar surface area (TPSA) is 102 Å². The van der Waals surface area contributed by atoms with E-state index in [0.29, 0.717) is 18.8 Å². The van der Waals surface area contributed by atoms with Gasteiger partial charge in [-0.15, -0.1) is 0 Å². The molecular formula is C25H26N2O6S. The normalized spacial score (nSPS) is 10.9. The number of carbonyl (C=O) groups excluding carboxylic acids is 2. The number of nitrogens with one attached hydrogen (secondary N) is 1. The fraction of sp³-hybridized carbons (Fsp3) is 0.200. The van der Waals surface area contributed by atoms with Crippen LogP contribution in [-0.4, -0.2) is 45.5 Å². The second kappa shape index (κ2) is 11.3. The maximum Gasteiger partial charge on any atom is 0.338 e. The molecule has 0 saturated carbocycles. The average Bonchev–Trinajstić information content (AvgIpc) is 2.86. The molecule has 1 N–H and O–H groups in total. The highest BCUT2D eigenvalue weighted by Gasteiger charge is 2.20. The molecule has 0 fully saturated rings. The number of hydrogen-bond donors (Lipinski definition) is 1. The van der Waals surface area contributed by atoms with Crippen LogP contribution in [0.25, 0.3) is 0 Å². The van der Waals surface area contributed by atoms with E-state index in [1.54, 1.807) is 29.2 Å². The highest BCUT2D eigenvalue weighted by Crippen LogP contribution is 2.26. The minimum Gasteiger partial charge on any atom is -0.495 e. The first-order valence-corrected chi connectivity index (χ1v) is 12.1. The number of methoxy groups -OCH3 is 1. The second-order valence-corrected chi connectivity index (χ2v) is 8.99. The Kier molecular flexibility index (Phi) is 8.26. The van der Waals surface area contributed by atoms with Crippen molar-refractivity contribution in [3.05, 3.63) is 90.0 Å². The van der Waals surface area contributed by atoms with Crippen LogP contribution in [0.1, 0.15) is 22.8 Å².